The van der Waals surface area contributed by atoms with Crippen LogP contribution >= 0.6 is 0 Å². The summed E-state index contributed by atoms with van der Waals surface area (Å²) in [6, 6.07) is 9.17. The van der Waals surface area contributed by atoms with E-state index < -0.39 is 0 Å². The van der Waals surface area contributed by atoms with Gasteiger partial charge in [0.25, 0.3) is 5.91 Å². The van der Waals surface area contributed by atoms with Gasteiger partial charge < -0.3 is 10.1 Å². The second-order valence-corrected chi connectivity index (χ2v) is 5.59. The van der Waals surface area contributed by atoms with Crippen LogP contribution in [0.25, 0.3) is 5.95 Å². The highest BCUT2D eigenvalue weighted by molar-refractivity contribution is 5.91. The zero-order valence-electron chi connectivity index (χ0n) is 14.4. The van der Waals surface area contributed by atoms with Gasteiger partial charge in [-0.2, -0.15) is 0 Å². The summed E-state index contributed by atoms with van der Waals surface area (Å²) in [5.41, 5.74) is 2.44. The lowest BCUT2D eigenvalue weighted by Crippen LogP contribution is -2.20. The van der Waals surface area contributed by atoms with Crippen LogP contribution in [0.1, 0.15) is 17.2 Å². The van der Waals surface area contributed by atoms with Gasteiger partial charge >= 0.3 is 0 Å². The molecule has 0 spiro atoms. The lowest BCUT2D eigenvalue weighted by molar-refractivity contribution is -0.118. The molecule has 0 bridgehead atoms. The van der Waals surface area contributed by atoms with E-state index in [9.17, 15) is 4.79 Å². The zero-order chi connectivity index (χ0) is 17.8. The lowest BCUT2D eigenvalue weighted by atomic mass is 10.3. The summed E-state index contributed by atoms with van der Waals surface area (Å²) in [5, 5.41) is 2.71. The van der Waals surface area contributed by atoms with Crippen LogP contribution in [0, 0.1) is 20.8 Å². The van der Waals surface area contributed by atoms with E-state index in [0.717, 1.165) is 17.2 Å². The number of carbonyl (C=O) groups excluding carboxylic acids is 1. The van der Waals surface area contributed by atoms with Gasteiger partial charge in [0, 0.05) is 5.69 Å². The van der Waals surface area contributed by atoms with E-state index in [0.29, 0.717) is 17.4 Å². The first-order valence-corrected chi connectivity index (χ1v) is 7.87. The van der Waals surface area contributed by atoms with E-state index in [1.807, 2.05) is 43.5 Å². The number of nitrogens with one attached hydrogen (secondary N) is 1. The van der Waals surface area contributed by atoms with Gasteiger partial charge in [-0.25, -0.2) is 15.0 Å². The van der Waals surface area contributed by atoms with Gasteiger partial charge in [0.1, 0.15) is 11.6 Å². The Balaban J connectivity index is 1.63. The maximum atomic E-state index is 11.9. The summed E-state index contributed by atoms with van der Waals surface area (Å²) < 4.78 is 7.28. The van der Waals surface area contributed by atoms with Crippen LogP contribution < -0.4 is 10.1 Å². The molecule has 0 aliphatic heterocycles. The molecule has 1 aromatic carbocycles. The van der Waals surface area contributed by atoms with Gasteiger partial charge in [0.2, 0.25) is 5.95 Å². The van der Waals surface area contributed by atoms with Crippen molar-refractivity contribution in [1.82, 2.24) is 19.5 Å². The quantitative estimate of drug-likeness (QED) is 0.774. The minimum absolute atomic E-state index is 0.0787. The molecule has 0 unspecified atom stereocenters. The average molecular weight is 337 g/mol. The molecule has 7 nitrogen and oxygen atoms in total. The van der Waals surface area contributed by atoms with Crippen molar-refractivity contribution in [2.24, 2.45) is 0 Å². The summed E-state index contributed by atoms with van der Waals surface area (Å²) >= 11 is 0. The van der Waals surface area contributed by atoms with Gasteiger partial charge in [-0.05, 0) is 32.9 Å². The molecule has 1 N–H and O–H groups in total. The molecule has 0 atom stereocenters. The molecule has 0 radical (unpaired) electrons. The third kappa shape index (κ3) is 3.82. The van der Waals surface area contributed by atoms with Crippen molar-refractivity contribution in [3.05, 3.63) is 59.9 Å². The van der Waals surface area contributed by atoms with Crippen molar-refractivity contribution in [2.75, 3.05) is 11.9 Å². The second-order valence-electron chi connectivity index (χ2n) is 5.59. The highest BCUT2D eigenvalue weighted by Gasteiger charge is 2.12. The number of anilines is 1. The summed E-state index contributed by atoms with van der Waals surface area (Å²) in [6.45, 7) is 5.74. The van der Waals surface area contributed by atoms with E-state index in [1.54, 1.807) is 24.5 Å². The first-order valence-electron chi connectivity index (χ1n) is 7.87. The average Bonchev–Trinajstić information content (AvgIpc) is 2.87. The van der Waals surface area contributed by atoms with Crippen LogP contribution in [0.3, 0.4) is 0 Å². The minimum Gasteiger partial charge on any atom is -0.484 e. The summed E-state index contributed by atoms with van der Waals surface area (Å²) in [7, 11) is 0. The van der Waals surface area contributed by atoms with Crippen molar-refractivity contribution in [2.45, 2.75) is 20.8 Å². The predicted molar refractivity (Wildman–Crippen MR) is 93.9 cm³/mol. The van der Waals surface area contributed by atoms with Gasteiger partial charge in [0.05, 0.1) is 23.8 Å². The number of hydrogen-bond acceptors (Lipinski definition) is 5. The number of para-hydroxylation sites is 1. The Morgan fingerprint density at radius 3 is 2.40 bits per heavy atom. The molecule has 0 saturated heterocycles. The summed E-state index contributed by atoms with van der Waals surface area (Å²) in [6.07, 6.45) is 3.13. The number of amides is 1. The number of benzene rings is 1. The fourth-order valence-corrected chi connectivity index (χ4v) is 2.44. The van der Waals surface area contributed by atoms with Crippen LogP contribution in [0.2, 0.25) is 0 Å². The molecule has 2 aromatic heterocycles. The van der Waals surface area contributed by atoms with Gasteiger partial charge in [-0.1, -0.05) is 18.2 Å². The van der Waals surface area contributed by atoms with E-state index in [1.165, 1.54) is 0 Å². The van der Waals surface area contributed by atoms with Gasteiger partial charge in [-0.3, -0.25) is 9.36 Å². The van der Waals surface area contributed by atoms with Crippen LogP contribution in [-0.2, 0) is 4.79 Å². The Hall–Kier alpha value is -3.22. The van der Waals surface area contributed by atoms with E-state index >= 15 is 0 Å². The first-order chi connectivity index (χ1) is 12.0. The normalized spacial score (nSPS) is 10.5. The SMILES string of the molecule is Cc1nc(C)n(-c2ncc(NC(=O)COc3ccccc3)cn2)c1C. The monoisotopic (exact) mass is 337 g/mol. The fourth-order valence-electron chi connectivity index (χ4n) is 2.44. The zero-order valence-corrected chi connectivity index (χ0v) is 14.4. The van der Waals surface area contributed by atoms with Gasteiger partial charge in [-0.15, -0.1) is 0 Å². The predicted octanol–water partition coefficient (Wildman–Crippen LogP) is 2.61. The molecule has 0 aliphatic rings. The number of ether oxygens (including phenoxy) is 1. The maximum absolute atomic E-state index is 11.9. The Morgan fingerprint density at radius 1 is 1.12 bits per heavy atom. The summed E-state index contributed by atoms with van der Waals surface area (Å²) in [4.78, 5) is 25.0. The molecule has 3 aromatic rings. The van der Waals surface area contributed by atoms with E-state index in [2.05, 4.69) is 20.3 Å². The van der Waals surface area contributed by atoms with Crippen molar-refractivity contribution >= 4 is 11.6 Å². The second kappa shape index (κ2) is 7.12. The van der Waals surface area contributed by atoms with E-state index in [-0.39, 0.29) is 12.5 Å². The molecule has 25 heavy (non-hydrogen) atoms. The molecule has 0 fully saturated rings. The number of nitrogens with zero attached hydrogens (tertiary/aromatic N) is 4. The number of carbonyl (C=O) groups is 1. The van der Waals surface area contributed by atoms with Gasteiger partial charge in [0.15, 0.2) is 6.61 Å². The van der Waals surface area contributed by atoms with Crippen LogP contribution in [0.15, 0.2) is 42.7 Å². The molecular formula is C18H19N5O2. The first kappa shape index (κ1) is 16.6. The van der Waals surface area contributed by atoms with Crippen molar-refractivity contribution < 1.29 is 9.53 Å². The fraction of sp³-hybridized carbons (Fsp3) is 0.222. The number of aromatic nitrogens is 4. The van der Waals surface area contributed by atoms with Crippen LogP contribution in [0.4, 0.5) is 5.69 Å². The van der Waals surface area contributed by atoms with Crippen LogP contribution in [-0.4, -0.2) is 32.0 Å². The Labute approximate surface area is 145 Å². The van der Waals surface area contributed by atoms with Crippen molar-refractivity contribution in [3.8, 4) is 11.7 Å². The minimum atomic E-state index is -0.272. The Bertz CT molecular complexity index is 872. The van der Waals surface area contributed by atoms with Crippen LogP contribution in [0.5, 0.6) is 5.75 Å². The molecule has 0 aliphatic carbocycles. The molecule has 7 heteroatoms. The van der Waals surface area contributed by atoms with E-state index in [4.69, 9.17) is 4.74 Å². The molecular weight excluding hydrogens is 318 g/mol. The number of rotatable bonds is 5. The third-order valence-electron chi connectivity index (χ3n) is 3.75. The number of imidazole rings is 1. The maximum Gasteiger partial charge on any atom is 0.262 e. The third-order valence-corrected chi connectivity index (χ3v) is 3.75. The highest BCUT2D eigenvalue weighted by Crippen LogP contribution is 2.15. The van der Waals surface area contributed by atoms with Crippen molar-refractivity contribution in [3.63, 3.8) is 0 Å². The topological polar surface area (TPSA) is 81.9 Å². The molecule has 128 valence electrons. The largest absolute Gasteiger partial charge is 0.484 e. The highest BCUT2D eigenvalue weighted by atomic mass is 16.5. The molecule has 0 saturated carbocycles. The molecule has 1 amide bonds. The Kier molecular flexibility index (Phi) is 4.74. The summed E-state index contributed by atoms with van der Waals surface area (Å²) in [5.74, 6) is 1.72. The number of hydrogen-bond donors (Lipinski definition) is 1. The lowest BCUT2D eigenvalue weighted by Gasteiger charge is -2.09. The van der Waals surface area contributed by atoms with Crippen molar-refractivity contribution in [1.29, 1.82) is 0 Å². The Morgan fingerprint density at radius 2 is 1.80 bits per heavy atom. The molecule has 2 heterocycles. The number of aryl methyl sites for hydroxylation is 2. The smallest absolute Gasteiger partial charge is 0.262 e. The standard InChI is InChI=1S/C18H19N5O2/c1-12-13(2)23(14(3)21-12)18-19-9-15(10-20-18)22-17(24)11-25-16-7-5-4-6-8-16/h4-10H,11H2,1-3H3,(H,22,24). The molecule has 3 rings (SSSR count).